The number of fused-ring (bicyclic) bond motifs is 1. The number of rotatable bonds is 5. The molecule has 8 nitrogen and oxygen atoms in total. The molecule has 2 N–H and O–H groups in total. The number of halogens is 1. The highest BCUT2D eigenvalue weighted by atomic mass is 35.5. The van der Waals surface area contributed by atoms with Crippen molar-refractivity contribution in [1.82, 2.24) is 20.1 Å². The summed E-state index contributed by atoms with van der Waals surface area (Å²) in [5.41, 5.74) is 1.20. The van der Waals surface area contributed by atoms with E-state index in [1.54, 1.807) is 48.7 Å². The molecule has 4 amide bonds. The Morgan fingerprint density at radius 3 is 2.73 bits per heavy atom. The number of nitrogens with zero attached hydrogens (tertiary/aromatic N) is 3. The molecule has 2 aliphatic heterocycles. The molecule has 2 atom stereocenters. The number of hydrogen-bond acceptors (Lipinski definition) is 5. The van der Waals surface area contributed by atoms with Crippen molar-refractivity contribution in [2.75, 3.05) is 18.4 Å². The van der Waals surface area contributed by atoms with Gasteiger partial charge in [-0.3, -0.25) is 19.5 Å². The van der Waals surface area contributed by atoms with Crippen LogP contribution in [0.25, 0.3) is 0 Å². The zero-order valence-electron chi connectivity index (χ0n) is 16.3. The largest absolute Gasteiger partial charge is 0.327 e. The Kier molecular flexibility index (Phi) is 5.96. The van der Waals surface area contributed by atoms with Gasteiger partial charge in [-0.25, -0.2) is 4.79 Å². The SMILES string of the molecule is O=C(CN1C(=O)N(Cc2ccccn2)C(=O)C2NCCCC21)Nc1ccc(Cl)cc1. The minimum absolute atomic E-state index is 0.0682. The molecule has 2 aliphatic rings. The van der Waals surface area contributed by atoms with Crippen molar-refractivity contribution in [3.63, 3.8) is 0 Å². The second kappa shape index (κ2) is 8.81. The summed E-state index contributed by atoms with van der Waals surface area (Å²) in [5, 5.41) is 6.56. The Morgan fingerprint density at radius 2 is 2.00 bits per heavy atom. The van der Waals surface area contributed by atoms with E-state index >= 15 is 0 Å². The van der Waals surface area contributed by atoms with Crippen LogP contribution in [0, 0.1) is 0 Å². The van der Waals surface area contributed by atoms with Crippen molar-refractivity contribution in [2.24, 2.45) is 0 Å². The van der Waals surface area contributed by atoms with Gasteiger partial charge in [0.15, 0.2) is 0 Å². The molecule has 2 aromatic rings. The number of aromatic nitrogens is 1. The lowest BCUT2D eigenvalue weighted by atomic mass is 9.93. The maximum Gasteiger partial charge on any atom is 0.327 e. The maximum atomic E-state index is 13.2. The van der Waals surface area contributed by atoms with Crippen LogP contribution in [-0.2, 0) is 16.1 Å². The third-order valence-corrected chi connectivity index (χ3v) is 5.57. The predicted molar refractivity (Wildman–Crippen MR) is 112 cm³/mol. The number of amides is 4. The first-order valence-corrected chi connectivity index (χ1v) is 10.2. The molecule has 1 aromatic carbocycles. The lowest BCUT2D eigenvalue weighted by molar-refractivity contribution is -0.138. The second-order valence-electron chi connectivity index (χ2n) is 7.35. The smallest absolute Gasteiger partial charge is 0.325 e. The van der Waals surface area contributed by atoms with Crippen LogP contribution < -0.4 is 10.6 Å². The first-order valence-electron chi connectivity index (χ1n) is 9.83. The minimum Gasteiger partial charge on any atom is -0.325 e. The number of anilines is 1. The zero-order valence-corrected chi connectivity index (χ0v) is 17.0. The van der Waals surface area contributed by atoms with Gasteiger partial charge < -0.3 is 15.5 Å². The Balaban J connectivity index is 1.53. The first kappa shape index (κ1) is 20.3. The summed E-state index contributed by atoms with van der Waals surface area (Å²) in [7, 11) is 0. The van der Waals surface area contributed by atoms with Crippen LogP contribution in [0.1, 0.15) is 18.5 Å². The number of hydrogen-bond donors (Lipinski definition) is 2. The summed E-state index contributed by atoms with van der Waals surface area (Å²) in [6, 6.07) is 10.7. The fraction of sp³-hybridized carbons (Fsp3) is 0.333. The van der Waals surface area contributed by atoms with Crippen molar-refractivity contribution >= 4 is 35.1 Å². The van der Waals surface area contributed by atoms with Gasteiger partial charge in [-0.1, -0.05) is 17.7 Å². The van der Waals surface area contributed by atoms with E-state index in [1.807, 2.05) is 0 Å². The van der Waals surface area contributed by atoms with E-state index in [4.69, 9.17) is 11.6 Å². The first-order chi connectivity index (χ1) is 14.5. The van der Waals surface area contributed by atoms with Crippen LogP contribution in [0.4, 0.5) is 10.5 Å². The van der Waals surface area contributed by atoms with Crippen LogP contribution in [-0.4, -0.2) is 57.8 Å². The molecule has 3 heterocycles. The lowest BCUT2D eigenvalue weighted by Gasteiger charge is -2.46. The Labute approximate surface area is 179 Å². The molecule has 0 saturated carbocycles. The predicted octanol–water partition coefficient (Wildman–Crippen LogP) is 2.26. The number of nitrogens with one attached hydrogen (secondary N) is 2. The number of urea groups is 1. The summed E-state index contributed by atoms with van der Waals surface area (Å²) >= 11 is 5.88. The van der Waals surface area contributed by atoms with Gasteiger partial charge in [-0.15, -0.1) is 0 Å². The van der Waals surface area contributed by atoms with Gasteiger partial charge >= 0.3 is 6.03 Å². The molecule has 2 saturated heterocycles. The van der Waals surface area contributed by atoms with Crippen molar-refractivity contribution in [3.8, 4) is 0 Å². The average Bonchev–Trinajstić information content (AvgIpc) is 2.76. The third kappa shape index (κ3) is 4.29. The number of carbonyl (C=O) groups is 3. The molecule has 1 aromatic heterocycles. The molecule has 0 bridgehead atoms. The van der Waals surface area contributed by atoms with E-state index in [9.17, 15) is 14.4 Å². The molecule has 30 heavy (non-hydrogen) atoms. The number of pyridine rings is 1. The molecule has 2 unspecified atom stereocenters. The van der Waals surface area contributed by atoms with Gasteiger partial charge in [0, 0.05) is 16.9 Å². The molecular formula is C21H22ClN5O3. The zero-order chi connectivity index (χ0) is 21.1. The number of piperidine rings is 1. The monoisotopic (exact) mass is 427 g/mol. The van der Waals surface area contributed by atoms with Gasteiger partial charge in [-0.05, 0) is 55.8 Å². The molecule has 0 radical (unpaired) electrons. The minimum atomic E-state index is -0.525. The van der Waals surface area contributed by atoms with Crippen molar-refractivity contribution in [2.45, 2.75) is 31.5 Å². The van der Waals surface area contributed by atoms with Crippen LogP contribution >= 0.6 is 11.6 Å². The Hall–Kier alpha value is -2.97. The molecule has 0 aliphatic carbocycles. The van der Waals surface area contributed by atoms with Gasteiger partial charge in [0.1, 0.15) is 12.6 Å². The summed E-state index contributed by atoms with van der Waals surface area (Å²) in [6.45, 7) is 0.623. The van der Waals surface area contributed by atoms with Crippen LogP contribution in [0.5, 0.6) is 0 Å². The summed E-state index contributed by atoms with van der Waals surface area (Å²) in [4.78, 5) is 45.8. The molecule has 4 rings (SSSR count). The highest BCUT2D eigenvalue weighted by Crippen LogP contribution is 2.26. The topological polar surface area (TPSA) is 94.6 Å². The van der Waals surface area contributed by atoms with Gasteiger partial charge in [0.05, 0.1) is 18.3 Å². The van der Waals surface area contributed by atoms with E-state index in [1.165, 1.54) is 9.80 Å². The number of benzene rings is 1. The van der Waals surface area contributed by atoms with Crippen LogP contribution in [0.2, 0.25) is 5.02 Å². The highest BCUT2D eigenvalue weighted by molar-refractivity contribution is 6.30. The highest BCUT2D eigenvalue weighted by Gasteiger charge is 2.47. The number of carbonyl (C=O) groups excluding carboxylic acids is 3. The molecule has 9 heteroatoms. The van der Waals surface area contributed by atoms with Crippen LogP contribution in [0.15, 0.2) is 48.7 Å². The van der Waals surface area contributed by atoms with Crippen LogP contribution in [0.3, 0.4) is 0 Å². The number of imide groups is 1. The van der Waals surface area contributed by atoms with Gasteiger partial charge in [-0.2, -0.15) is 0 Å². The maximum absolute atomic E-state index is 13.2. The fourth-order valence-corrected chi connectivity index (χ4v) is 4.02. The molecule has 2 fully saturated rings. The van der Waals surface area contributed by atoms with Crippen molar-refractivity contribution in [3.05, 3.63) is 59.4 Å². The molecule has 0 spiro atoms. The van der Waals surface area contributed by atoms with Gasteiger partial charge in [0.25, 0.3) is 0 Å². The Bertz CT molecular complexity index is 937. The molecule has 156 valence electrons. The van der Waals surface area contributed by atoms with E-state index in [0.717, 1.165) is 6.42 Å². The Morgan fingerprint density at radius 1 is 1.20 bits per heavy atom. The van der Waals surface area contributed by atoms with Crippen molar-refractivity contribution < 1.29 is 14.4 Å². The van der Waals surface area contributed by atoms with Crippen molar-refractivity contribution in [1.29, 1.82) is 0 Å². The standard InChI is InChI=1S/C21H22ClN5O3/c22-14-6-8-15(9-7-14)25-18(28)13-26-17-5-3-11-24-19(17)20(29)27(21(26)30)12-16-4-1-2-10-23-16/h1-2,4,6-10,17,19,24H,3,5,11-13H2,(H,25,28). The van der Waals surface area contributed by atoms with E-state index in [2.05, 4.69) is 15.6 Å². The summed E-state index contributed by atoms with van der Waals surface area (Å²) in [5.74, 6) is -0.605. The summed E-state index contributed by atoms with van der Waals surface area (Å²) < 4.78 is 0. The quantitative estimate of drug-likeness (QED) is 0.763. The normalized spacial score (nSPS) is 21.4. The van der Waals surface area contributed by atoms with E-state index < -0.39 is 12.1 Å². The van der Waals surface area contributed by atoms with E-state index in [0.29, 0.717) is 29.4 Å². The third-order valence-electron chi connectivity index (χ3n) is 5.32. The second-order valence-corrected chi connectivity index (χ2v) is 7.79. The summed E-state index contributed by atoms with van der Waals surface area (Å²) in [6.07, 6.45) is 3.12. The lowest BCUT2D eigenvalue weighted by Crippen LogP contribution is -2.70. The molecular weight excluding hydrogens is 406 g/mol. The van der Waals surface area contributed by atoms with Gasteiger partial charge in [0.2, 0.25) is 11.8 Å². The fourth-order valence-electron chi connectivity index (χ4n) is 3.89. The average molecular weight is 428 g/mol. The van der Waals surface area contributed by atoms with E-state index in [-0.39, 0.29) is 30.9 Å².